The number of rotatable bonds is 10. The van der Waals surface area contributed by atoms with Crippen molar-refractivity contribution in [3.05, 3.63) is 35.9 Å². The Labute approximate surface area is 198 Å². The summed E-state index contributed by atoms with van der Waals surface area (Å²) < 4.78 is 18.9. The number of nitrogens with one attached hydrogen (secondary N) is 1. The van der Waals surface area contributed by atoms with Gasteiger partial charge in [-0.1, -0.05) is 44.2 Å². The van der Waals surface area contributed by atoms with E-state index in [0.717, 1.165) is 38.5 Å². The zero-order chi connectivity index (χ0) is 23.2. The van der Waals surface area contributed by atoms with Crippen molar-refractivity contribution in [3.63, 3.8) is 0 Å². The molecule has 1 unspecified atom stereocenters. The summed E-state index contributed by atoms with van der Waals surface area (Å²) in [6.07, 6.45) is 7.43. The minimum atomic E-state index is -0.673. The van der Waals surface area contributed by atoms with E-state index in [1.807, 2.05) is 6.07 Å². The van der Waals surface area contributed by atoms with Crippen LogP contribution in [-0.4, -0.2) is 49.4 Å². The first kappa shape index (κ1) is 23.3. The van der Waals surface area contributed by atoms with Crippen LogP contribution in [0, 0.1) is 17.3 Å². The Kier molecular flexibility index (Phi) is 6.36. The van der Waals surface area contributed by atoms with Crippen LogP contribution in [0.15, 0.2) is 30.3 Å². The standard InChI is InChI=1S/C26H39BN2O4/c1-25(2)18-14-21(25)26(3)22(15-18)32-27(33-26)23(11-7-10-17-8-5-4-6-9-17)29-24(30)20(28)16-31-19-12-13-19/h4-6,8-9,18-23H,7,10-16,28H2,1-3H3,(H,29,30)/t18-,20?,21-,22+,23-,26-/m0/s1. The Bertz CT molecular complexity index is 848. The fraction of sp³-hybridized carbons (Fsp3) is 0.731. The van der Waals surface area contributed by atoms with Crippen LogP contribution >= 0.6 is 0 Å². The Morgan fingerprint density at radius 2 is 2.00 bits per heavy atom. The molecule has 5 fully saturated rings. The third-order valence-corrected chi connectivity index (χ3v) is 8.82. The second kappa shape index (κ2) is 8.99. The molecule has 2 bridgehead atoms. The summed E-state index contributed by atoms with van der Waals surface area (Å²) in [5.41, 5.74) is 7.45. The van der Waals surface area contributed by atoms with Crippen molar-refractivity contribution in [2.24, 2.45) is 23.0 Å². The third-order valence-electron chi connectivity index (χ3n) is 8.82. The van der Waals surface area contributed by atoms with Gasteiger partial charge in [-0.2, -0.15) is 0 Å². The highest BCUT2D eigenvalue weighted by atomic mass is 16.7. The molecule has 1 aromatic rings. The van der Waals surface area contributed by atoms with Crippen LogP contribution in [0.3, 0.4) is 0 Å². The Hall–Kier alpha value is -1.41. The largest absolute Gasteiger partial charge is 0.481 e. The molecule has 33 heavy (non-hydrogen) atoms. The zero-order valence-electron chi connectivity index (χ0n) is 20.3. The highest BCUT2D eigenvalue weighted by Gasteiger charge is 2.68. The molecule has 1 saturated heterocycles. The van der Waals surface area contributed by atoms with Gasteiger partial charge < -0.3 is 25.1 Å². The summed E-state index contributed by atoms with van der Waals surface area (Å²) in [6.45, 7) is 7.21. The van der Waals surface area contributed by atoms with Gasteiger partial charge >= 0.3 is 7.12 Å². The SMILES string of the molecule is CC1(C)[C@@H]2C[C@H]3OB([C@H](CCCc4ccccc4)NC(=O)C(N)COC4CC4)O[C@@]3(C)[C@H]1C2. The number of hydrogen-bond donors (Lipinski definition) is 2. The molecule has 7 heteroatoms. The normalized spacial score (nSPS) is 33.7. The molecule has 0 spiro atoms. The molecule has 1 aliphatic heterocycles. The van der Waals surface area contributed by atoms with Gasteiger partial charge in [0.25, 0.3) is 0 Å². The summed E-state index contributed by atoms with van der Waals surface area (Å²) in [6, 6.07) is 9.78. The molecule has 6 atom stereocenters. The van der Waals surface area contributed by atoms with Gasteiger partial charge in [0.1, 0.15) is 6.04 Å². The van der Waals surface area contributed by atoms with E-state index in [1.165, 1.54) is 12.0 Å². The van der Waals surface area contributed by atoms with E-state index in [-0.39, 0.29) is 41.7 Å². The Morgan fingerprint density at radius 3 is 2.70 bits per heavy atom. The van der Waals surface area contributed by atoms with Crippen LogP contribution in [-0.2, 0) is 25.3 Å². The first-order valence-corrected chi connectivity index (χ1v) is 12.8. The molecule has 0 radical (unpaired) electrons. The number of aryl methyl sites for hydroxylation is 1. The number of hydrogen-bond acceptors (Lipinski definition) is 5. The van der Waals surface area contributed by atoms with Crippen molar-refractivity contribution in [1.29, 1.82) is 0 Å². The monoisotopic (exact) mass is 454 g/mol. The van der Waals surface area contributed by atoms with Gasteiger partial charge in [-0.15, -0.1) is 0 Å². The highest BCUT2D eigenvalue weighted by molar-refractivity contribution is 6.47. The maximum atomic E-state index is 12.9. The van der Waals surface area contributed by atoms with E-state index in [2.05, 4.69) is 50.4 Å². The average molecular weight is 454 g/mol. The fourth-order valence-corrected chi connectivity index (χ4v) is 6.36. The Balaban J connectivity index is 1.24. The van der Waals surface area contributed by atoms with Crippen LogP contribution < -0.4 is 11.1 Å². The molecule has 6 rings (SSSR count). The highest BCUT2D eigenvalue weighted by Crippen LogP contribution is 2.65. The lowest BCUT2D eigenvalue weighted by atomic mass is 9.43. The first-order valence-electron chi connectivity index (χ1n) is 12.8. The van der Waals surface area contributed by atoms with Crippen LogP contribution in [0.4, 0.5) is 0 Å². The van der Waals surface area contributed by atoms with Crippen molar-refractivity contribution in [1.82, 2.24) is 5.32 Å². The number of benzene rings is 1. The van der Waals surface area contributed by atoms with E-state index in [0.29, 0.717) is 11.8 Å². The van der Waals surface area contributed by atoms with Crippen molar-refractivity contribution < 1.29 is 18.8 Å². The third kappa shape index (κ3) is 4.62. The predicted octanol–water partition coefficient (Wildman–Crippen LogP) is 3.27. The summed E-state index contributed by atoms with van der Waals surface area (Å²) >= 11 is 0. The minimum Gasteiger partial charge on any atom is -0.404 e. The summed E-state index contributed by atoms with van der Waals surface area (Å²) in [4.78, 5) is 12.9. The van der Waals surface area contributed by atoms with Gasteiger partial charge in [0.2, 0.25) is 5.91 Å². The van der Waals surface area contributed by atoms with Crippen LogP contribution in [0.1, 0.15) is 64.9 Å². The summed E-state index contributed by atoms with van der Waals surface area (Å²) in [7, 11) is -0.438. The molecule has 1 amide bonds. The van der Waals surface area contributed by atoms with Crippen molar-refractivity contribution in [2.45, 2.75) is 95.5 Å². The number of nitrogens with two attached hydrogens (primary N) is 1. The van der Waals surface area contributed by atoms with Gasteiger partial charge in [-0.25, -0.2) is 0 Å². The first-order chi connectivity index (χ1) is 15.8. The topological polar surface area (TPSA) is 82.8 Å². The zero-order valence-corrected chi connectivity index (χ0v) is 20.3. The number of carbonyl (C=O) groups is 1. The lowest BCUT2D eigenvalue weighted by molar-refractivity contribution is -0.199. The maximum Gasteiger partial charge on any atom is 0.481 e. The van der Waals surface area contributed by atoms with Gasteiger partial charge in [-0.3, -0.25) is 4.79 Å². The molecule has 1 aromatic carbocycles. The number of ether oxygens (including phenoxy) is 1. The molecule has 4 aliphatic carbocycles. The van der Waals surface area contributed by atoms with Gasteiger partial charge in [0.15, 0.2) is 0 Å². The van der Waals surface area contributed by atoms with Crippen molar-refractivity contribution in [2.75, 3.05) is 6.61 Å². The molecule has 1 heterocycles. The molecule has 5 aliphatic rings. The number of amides is 1. The van der Waals surface area contributed by atoms with Gasteiger partial charge in [-0.05, 0) is 74.7 Å². The van der Waals surface area contributed by atoms with E-state index in [4.69, 9.17) is 19.8 Å². The smallest absolute Gasteiger partial charge is 0.404 e. The molecule has 4 saturated carbocycles. The molecular formula is C26H39BN2O4. The van der Waals surface area contributed by atoms with Crippen LogP contribution in [0.5, 0.6) is 0 Å². The lowest BCUT2D eigenvalue weighted by Crippen LogP contribution is -2.65. The van der Waals surface area contributed by atoms with Gasteiger partial charge in [0.05, 0.1) is 30.4 Å². The maximum absolute atomic E-state index is 12.9. The van der Waals surface area contributed by atoms with Crippen molar-refractivity contribution in [3.8, 4) is 0 Å². The average Bonchev–Trinajstić information content (AvgIpc) is 3.55. The quantitative estimate of drug-likeness (QED) is 0.531. The molecule has 3 N–H and O–H groups in total. The van der Waals surface area contributed by atoms with E-state index in [9.17, 15) is 4.79 Å². The van der Waals surface area contributed by atoms with Crippen LogP contribution in [0.25, 0.3) is 0 Å². The fourth-order valence-electron chi connectivity index (χ4n) is 6.36. The van der Waals surface area contributed by atoms with E-state index < -0.39 is 13.2 Å². The van der Waals surface area contributed by atoms with Gasteiger partial charge in [0, 0.05) is 0 Å². The molecule has 6 nitrogen and oxygen atoms in total. The summed E-state index contributed by atoms with van der Waals surface area (Å²) in [5, 5.41) is 3.17. The predicted molar refractivity (Wildman–Crippen MR) is 128 cm³/mol. The van der Waals surface area contributed by atoms with E-state index >= 15 is 0 Å². The second-order valence-electron chi connectivity index (χ2n) is 11.5. The molecule has 0 aromatic heterocycles. The number of carbonyl (C=O) groups excluding carboxylic acids is 1. The Morgan fingerprint density at radius 1 is 1.24 bits per heavy atom. The van der Waals surface area contributed by atoms with E-state index in [1.54, 1.807) is 0 Å². The molecule has 180 valence electrons. The lowest BCUT2D eigenvalue weighted by Gasteiger charge is -2.64. The summed E-state index contributed by atoms with van der Waals surface area (Å²) in [5.74, 6) is 0.781. The minimum absolute atomic E-state index is 0.0969. The molecular weight excluding hydrogens is 415 g/mol. The van der Waals surface area contributed by atoms with Crippen LogP contribution in [0.2, 0.25) is 0 Å². The second-order valence-corrected chi connectivity index (χ2v) is 11.5. The van der Waals surface area contributed by atoms with Crippen molar-refractivity contribution >= 4 is 13.0 Å².